The Morgan fingerprint density at radius 1 is 1.19 bits per heavy atom. The van der Waals surface area contributed by atoms with E-state index in [9.17, 15) is 22.8 Å². The molecule has 12 heteroatoms. The number of H-pyrrole nitrogens is 1. The fourth-order valence-corrected chi connectivity index (χ4v) is 5.69. The number of alkyl halides is 3. The van der Waals surface area contributed by atoms with Crippen molar-refractivity contribution in [3.05, 3.63) is 69.2 Å². The molecule has 2 aliphatic heterocycles. The average Bonchev–Trinajstić information content (AvgIpc) is 3.42. The molecule has 5 rings (SSSR count). The van der Waals surface area contributed by atoms with Gasteiger partial charge in [0, 0.05) is 35.7 Å². The topological polar surface area (TPSA) is 101 Å². The van der Waals surface area contributed by atoms with Crippen LogP contribution in [0.3, 0.4) is 0 Å². The van der Waals surface area contributed by atoms with Crippen LogP contribution in [-0.4, -0.2) is 51.5 Å². The summed E-state index contributed by atoms with van der Waals surface area (Å²) in [4.78, 5) is 27.7. The number of amides is 2. The molecule has 194 valence electrons. The highest BCUT2D eigenvalue weighted by Crippen LogP contribution is 2.42. The molecule has 3 N–H and O–H groups in total. The first-order chi connectivity index (χ1) is 17.5. The van der Waals surface area contributed by atoms with Gasteiger partial charge in [-0.05, 0) is 72.0 Å². The van der Waals surface area contributed by atoms with Crippen LogP contribution in [0.25, 0.3) is 16.5 Å². The SMILES string of the molecule is NC1(CN2C(=O)S/C(=C(/Cc3ccc(Cl)cc3C(F)(F)F)c3ccc4[nH]ncc4c3)C2=O)CCOCC1. The number of nitrogens with two attached hydrogens (primary N) is 1. The van der Waals surface area contributed by atoms with Crippen LogP contribution in [0.4, 0.5) is 18.0 Å². The quantitative estimate of drug-likeness (QED) is 0.413. The number of carbonyl (C=O) groups is 2. The third-order valence-corrected chi connectivity index (χ3v) is 7.87. The summed E-state index contributed by atoms with van der Waals surface area (Å²) in [6.07, 6.45) is -2.36. The van der Waals surface area contributed by atoms with E-state index in [4.69, 9.17) is 22.1 Å². The summed E-state index contributed by atoms with van der Waals surface area (Å²) in [7, 11) is 0. The van der Waals surface area contributed by atoms with Crippen molar-refractivity contribution in [2.75, 3.05) is 19.8 Å². The molecule has 2 aromatic carbocycles. The average molecular weight is 551 g/mol. The van der Waals surface area contributed by atoms with Gasteiger partial charge < -0.3 is 10.5 Å². The molecule has 0 atom stereocenters. The number of hydrogen-bond acceptors (Lipinski definition) is 6. The molecule has 0 unspecified atom stereocenters. The van der Waals surface area contributed by atoms with Gasteiger partial charge in [-0.2, -0.15) is 18.3 Å². The second kappa shape index (κ2) is 9.79. The second-order valence-electron chi connectivity index (χ2n) is 9.19. The lowest BCUT2D eigenvalue weighted by atomic mass is 9.90. The van der Waals surface area contributed by atoms with E-state index < -0.39 is 28.4 Å². The molecule has 0 saturated carbocycles. The highest BCUT2D eigenvalue weighted by Gasteiger charge is 2.42. The fourth-order valence-electron chi connectivity index (χ4n) is 4.57. The van der Waals surface area contributed by atoms with Crippen LogP contribution in [0.2, 0.25) is 5.02 Å². The number of ether oxygens (including phenoxy) is 1. The molecular formula is C25H22ClF3N4O3S. The van der Waals surface area contributed by atoms with Gasteiger partial charge in [0.1, 0.15) is 0 Å². The van der Waals surface area contributed by atoms with Gasteiger partial charge >= 0.3 is 6.18 Å². The Balaban J connectivity index is 1.59. The molecule has 3 heterocycles. The first-order valence-corrected chi connectivity index (χ1v) is 12.7. The summed E-state index contributed by atoms with van der Waals surface area (Å²) in [6, 6.07) is 8.68. The number of nitrogens with zero attached hydrogens (tertiary/aromatic N) is 2. The minimum atomic E-state index is -4.66. The van der Waals surface area contributed by atoms with Crippen LogP contribution in [-0.2, 0) is 22.1 Å². The third-order valence-electron chi connectivity index (χ3n) is 6.62. The van der Waals surface area contributed by atoms with E-state index in [0.29, 0.717) is 54.3 Å². The standard InChI is InChI=1S/C25H22ClF3N4O3S/c26-17-3-1-15(19(11-17)25(27,28)29)10-18(14-2-4-20-16(9-14)12-31-32-20)21-22(34)33(23(35)37-21)13-24(30)5-7-36-8-6-24/h1-4,9,11-12H,5-8,10,13,30H2,(H,31,32)/b21-18-. The molecule has 2 saturated heterocycles. The smallest absolute Gasteiger partial charge is 0.381 e. The van der Waals surface area contributed by atoms with Gasteiger partial charge in [-0.15, -0.1) is 0 Å². The number of benzene rings is 2. The summed E-state index contributed by atoms with van der Waals surface area (Å²) >= 11 is 6.59. The normalized spacial score (nSPS) is 19.6. The Morgan fingerprint density at radius 3 is 2.68 bits per heavy atom. The number of aromatic nitrogens is 2. The van der Waals surface area contributed by atoms with Crippen LogP contribution in [0, 0.1) is 0 Å². The third kappa shape index (κ3) is 5.26. The first-order valence-electron chi connectivity index (χ1n) is 11.5. The van der Waals surface area contributed by atoms with Crippen LogP contribution >= 0.6 is 23.4 Å². The van der Waals surface area contributed by atoms with Crippen molar-refractivity contribution in [3.63, 3.8) is 0 Å². The van der Waals surface area contributed by atoms with Gasteiger partial charge in [0.2, 0.25) is 0 Å². The number of fused-ring (bicyclic) bond motifs is 1. The molecule has 2 amide bonds. The zero-order chi connectivity index (χ0) is 26.4. The summed E-state index contributed by atoms with van der Waals surface area (Å²) in [5, 5.41) is 6.96. The molecule has 37 heavy (non-hydrogen) atoms. The van der Waals surface area contributed by atoms with Gasteiger partial charge in [0.25, 0.3) is 11.1 Å². The Bertz CT molecular complexity index is 1420. The van der Waals surface area contributed by atoms with E-state index in [1.807, 2.05) is 0 Å². The van der Waals surface area contributed by atoms with E-state index in [1.54, 1.807) is 24.4 Å². The lowest BCUT2D eigenvalue weighted by Crippen LogP contribution is -2.54. The Hall–Kier alpha value is -2.86. The predicted molar refractivity (Wildman–Crippen MR) is 135 cm³/mol. The Kier molecular flexibility index (Phi) is 6.82. The molecule has 0 spiro atoms. The number of hydrogen-bond donors (Lipinski definition) is 2. The molecule has 7 nitrogen and oxygen atoms in total. The minimum absolute atomic E-state index is 0.00726. The van der Waals surface area contributed by atoms with Crippen LogP contribution in [0.1, 0.15) is 29.5 Å². The van der Waals surface area contributed by atoms with Crippen molar-refractivity contribution >= 4 is 51.0 Å². The van der Waals surface area contributed by atoms with Gasteiger partial charge in [-0.25, -0.2) is 0 Å². The number of carbonyl (C=O) groups excluding carboxylic acids is 2. The molecule has 3 aromatic rings. The molecule has 0 radical (unpaired) electrons. The zero-order valence-corrected chi connectivity index (χ0v) is 21.0. The zero-order valence-electron chi connectivity index (χ0n) is 19.4. The van der Waals surface area contributed by atoms with Crippen molar-refractivity contribution in [1.82, 2.24) is 15.1 Å². The first kappa shape index (κ1) is 25.8. The van der Waals surface area contributed by atoms with Gasteiger partial charge in [-0.1, -0.05) is 23.7 Å². The summed E-state index contributed by atoms with van der Waals surface area (Å²) < 4.78 is 47.0. The van der Waals surface area contributed by atoms with Crippen molar-refractivity contribution < 1.29 is 27.5 Å². The van der Waals surface area contributed by atoms with Gasteiger partial charge in [-0.3, -0.25) is 19.6 Å². The number of rotatable bonds is 5. The van der Waals surface area contributed by atoms with Crippen molar-refractivity contribution in [2.45, 2.75) is 31.0 Å². The molecule has 2 aliphatic rings. The summed E-state index contributed by atoms with van der Waals surface area (Å²) in [5.41, 5.74) is 6.25. The fraction of sp³-hybridized carbons (Fsp3) is 0.320. The molecule has 0 bridgehead atoms. The van der Waals surface area contributed by atoms with E-state index >= 15 is 0 Å². The van der Waals surface area contributed by atoms with E-state index in [1.165, 1.54) is 12.1 Å². The Labute approximate surface area is 219 Å². The van der Waals surface area contributed by atoms with Crippen molar-refractivity contribution in [2.24, 2.45) is 5.73 Å². The van der Waals surface area contributed by atoms with E-state index in [0.717, 1.165) is 16.5 Å². The van der Waals surface area contributed by atoms with Crippen molar-refractivity contribution in [1.29, 1.82) is 0 Å². The highest BCUT2D eigenvalue weighted by molar-refractivity contribution is 8.18. The predicted octanol–water partition coefficient (Wildman–Crippen LogP) is 5.39. The van der Waals surface area contributed by atoms with Crippen LogP contribution < -0.4 is 5.73 Å². The number of halogens is 4. The maximum absolute atomic E-state index is 13.9. The van der Waals surface area contributed by atoms with E-state index in [-0.39, 0.29) is 28.5 Å². The summed E-state index contributed by atoms with van der Waals surface area (Å²) in [5.74, 6) is -0.573. The molecule has 1 aromatic heterocycles. The second-order valence-corrected chi connectivity index (χ2v) is 10.6. The maximum atomic E-state index is 13.9. The number of nitrogens with one attached hydrogen (secondary N) is 1. The van der Waals surface area contributed by atoms with Gasteiger partial charge in [0.05, 0.1) is 22.2 Å². The lowest BCUT2D eigenvalue weighted by molar-refractivity contribution is -0.138. The molecule has 2 fully saturated rings. The molecule has 0 aliphatic carbocycles. The van der Waals surface area contributed by atoms with Gasteiger partial charge in [0.15, 0.2) is 0 Å². The summed E-state index contributed by atoms with van der Waals surface area (Å²) in [6.45, 7) is 0.859. The van der Waals surface area contributed by atoms with Crippen LogP contribution in [0.5, 0.6) is 0 Å². The largest absolute Gasteiger partial charge is 0.416 e. The Morgan fingerprint density at radius 2 is 1.95 bits per heavy atom. The van der Waals surface area contributed by atoms with E-state index in [2.05, 4.69) is 10.2 Å². The van der Waals surface area contributed by atoms with Crippen LogP contribution in [0.15, 0.2) is 47.5 Å². The van der Waals surface area contributed by atoms with Crippen molar-refractivity contribution in [3.8, 4) is 0 Å². The molecular weight excluding hydrogens is 529 g/mol. The number of thioether (sulfide) groups is 1. The minimum Gasteiger partial charge on any atom is -0.381 e. The number of imide groups is 1. The highest BCUT2D eigenvalue weighted by atomic mass is 35.5. The lowest BCUT2D eigenvalue weighted by Gasteiger charge is -2.35. The maximum Gasteiger partial charge on any atom is 0.416 e. The number of aromatic amines is 1. The number of allylic oxidation sites excluding steroid dienone is 1. The monoisotopic (exact) mass is 550 g/mol.